The zero-order valence-electron chi connectivity index (χ0n) is 7.23. The van der Waals surface area contributed by atoms with Crippen molar-refractivity contribution in [1.82, 2.24) is 0 Å². The second-order valence-corrected chi connectivity index (χ2v) is 2.06. The Morgan fingerprint density at radius 1 is 1.38 bits per heavy atom. The van der Waals surface area contributed by atoms with Crippen LogP contribution >= 0.6 is 0 Å². The number of rotatable bonds is 3. The zero-order chi connectivity index (χ0) is 8.81. The Morgan fingerprint density at radius 2 is 2.00 bits per heavy atom. The summed E-state index contributed by atoms with van der Waals surface area (Å²) < 4.78 is 0. The van der Waals surface area contributed by atoms with Crippen LogP contribution in [-0.4, -0.2) is 12.2 Å². The average Bonchev–Trinajstić information content (AvgIpc) is 2.05. The minimum absolute atomic E-state index is 0. The van der Waals surface area contributed by atoms with Gasteiger partial charge in [-0.15, -0.1) is 0 Å². The van der Waals surface area contributed by atoms with Gasteiger partial charge in [0, 0.05) is 0 Å². The van der Waals surface area contributed by atoms with E-state index in [-0.39, 0.29) is 29.6 Å². The van der Waals surface area contributed by atoms with Gasteiger partial charge in [-0.05, 0) is 12.1 Å². The van der Waals surface area contributed by atoms with Gasteiger partial charge in [-0.25, -0.2) is 0 Å². The van der Waals surface area contributed by atoms with Crippen LogP contribution in [0.3, 0.4) is 0 Å². The summed E-state index contributed by atoms with van der Waals surface area (Å²) in [5.41, 5.74) is 3.26. The van der Waals surface area contributed by atoms with Crippen molar-refractivity contribution in [1.29, 1.82) is 0 Å². The number of aliphatic carboxylic acids is 1. The number of nitrogens with zero attached hydrogens (tertiary/aromatic N) is 1. The first-order valence-corrected chi connectivity index (χ1v) is 3.34. The number of carbonyl (C=O) groups is 1. The predicted octanol–water partition coefficient (Wildman–Crippen LogP) is -3.16. The van der Waals surface area contributed by atoms with E-state index in [1.54, 1.807) is 12.1 Å². The molecule has 0 aliphatic carbocycles. The molecule has 0 amide bonds. The number of carbonyl (C=O) groups excluding carboxylic acids is 1. The second-order valence-electron chi connectivity index (χ2n) is 2.06. The quantitative estimate of drug-likeness (QED) is 0.308. The zero-order valence-corrected chi connectivity index (χ0v) is 9.23. The molecular formula is C8H7N2NaO2. The van der Waals surface area contributed by atoms with E-state index in [0.29, 0.717) is 6.21 Å². The molecule has 0 radical (unpaired) electrons. The van der Waals surface area contributed by atoms with Gasteiger partial charge < -0.3 is 9.90 Å². The Hall–Kier alpha value is -0.840. The van der Waals surface area contributed by atoms with E-state index in [9.17, 15) is 9.90 Å². The molecule has 5 heteroatoms. The van der Waals surface area contributed by atoms with Gasteiger partial charge in [0.15, 0.2) is 0 Å². The standard InChI is InChI=1S/C8H8N2O2.Na/c11-8(12)6-9-10-7-4-2-1-3-5-7;/h1-6,10H,(H,11,12);/q;+1/p-1. The van der Waals surface area contributed by atoms with Gasteiger partial charge in [0.05, 0.1) is 17.9 Å². The number of carboxylic acid groups (broad SMARTS) is 1. The third-order valence-electron chi connectivity index (χ3n) is 1.14. The van der Waals surface area contributed by atoms with Gasteiger partial charge in [-0.3, -0.25) is 5.43 Å². The molecule has 62 valence electrons. The number of hydrogen-bond acceptors (Lipinski definition) is 4. The molecule has 4 nitrogen and oxygen atoms in total. The first-order valence-electron chi connectivity index (χ1n) is 3.34. The van der Waals surface area contributed by atoms with E-state index < -0.39 is 5.97 Å². The van der Waals surface area contributed by atoms with Crippen LogP contribution in [0.25, 0.3) is 0 Å². The molecule has 0 heterocycles. The Kier molecular flexibility index (Phi) is 6.22. The molecule has 0 fully saturated rings. The van der Waals surface area contributed by atoms with Crippen LogP contribution in [0.1, 0.15) is 0 Å². The van der Waals surface area contributed by atoms with Gasteiger partial charge in [-0.2, -0.15) is 5.10 Å². The fourth-order valence-corrected chi connectivity index (χ4v) is 0.672. The normalized spacial score (nSPS) is 9.23. The molecule has 0 aliphatic rings. The maximum Gasteiger partial charge on any atom is 1.00 e. The molecule has 1 aromatic carbocycles. The van der Waals surface area contributed by atoms with Gasteiger partial charge >= 0.3 is 29.6 Å². The minimum atomic E-state index is -1.32. The fraction of sp³-hybridized carbons (Fsp3) is 0. The molecule has 0 aliphatic heterocycles. The summed E-state index contributed by atoms with van der Waals surface area (Å²) in [5.74, 6) is -1.32. The van der Waals surface area contributed by atoms with E-state index in [1.807, 2.05) is 18.2 Å². The summed E-state index contributed by atoms with van der Waals surface area (Å²) in [5, 5.41) is 13.3. The molecule has 13 heavy (non-hydrogen) atoms. The smallest absolute Gasteiger partial charge is 0.544 e. The Labute approximate surface area is 97.9 Å². The number of anilines is 1. The van der Waals surface area contributed by atoms with Crippen LogP contribution in [-0.2, 0) is 4.79 Å². The predicted molar refractivity (Wildman–Crippen MR) is 43.6 cm³/mol. The molecule has 0 saturated heterocycles. The fourth-order valence-electron chi connectivity index (χ4n) is 0.672. The van der Waals surface area contributed by atoms with Crippen molar-refractivity contribution in [2.75, 3.05) is 5.43 Å². The summed E-state index contributed by atoms with van der Waals surface area (Å²) in [6, 6.07) is 9.03. The summed E-state index contributed by atoms with van der Waals surface area (Å²) in [4.78, 5) is 9.89. The van der Waals surface area contributed by atoms with Gasteiger partial charge in [0.1, 0.15) is 0 Å². The Bertz CT molecular complexity index is 287. The van der Waals surface area contributed by atoms with Crippen molar-refractivity contribution < 1.29 is 39.5 Å². The second kappa shape index (κ2) is 6.65. The maximum atomic E-state index is 9.89. The third-order valence-corrected chi connectivity index (χ3v) is 1.14. The number of hydrazone groups is 1. The molecule has 1 rings (SSSR count). The molecule has 0 saturated carbocycles. The van der Waals surface area contributed by atoms with E-state index >= 15 is 0 Å². The first kappa shape index (κ1) is 12.2. The summed E-state index contributed by atoms with van der Waals surface area (Å²) in [6.45, 7) is 0. The molecular weight excluding hydrogens is 179 g/mol. The van der Waals surface area contributed by atoms with E-state index in [4.69, 9.17) is 0 Å². The monoisotopic (exact) mass is 186 g/mol. The van der Waals surface area contributed by atoms with Crippen molar-refractivity contribution in [2.45, 2.75) is 0 Å². The number of carboxylic acids is 1. The van der Waals surface area contributed by atoms with Crippen LogP contribution in [0.5, 0.6) is 0 Å². The number of para-hydroxylation sites is 1. The van der Waals surface area contributed by atoms with Crippen molar-refractivity contribution in [2.24, 2.45) is 5.10 Å². The van der Waals surface area contributed by atoms with Gasteiger partial charge in [0.25, 0.3) is 0 Å². The Morgan fingerprint density at radius 3 is 2.54 bits per heavy atom. The Balaban J connectivity index is 0.00000144. The summed E-state index contributed by atoms with van der Waals surface area (Å²) in [6.07, 6.45) is 0.687. The van der Waals surface area contributed by atoms with E-state index in [0.717, 1.165) is 5.69 Å². The first-order chi connectivity index (χ1) is 5.79. The molecule has 0 spiro atoms. The topological polar surface area (TPSA) is 64.5 Å². The van der Waals surface area contributed by atoms with Crippen molar-refractivity contribution >= 4 is 17.9 Å². The number of hydrogen-bond donors (Lipinski definition) is 1. The number of nitrogens with one attached hydrogen (secondary N) is 1. The van der Waals surface area contributed by atoms with Crippen molar-refractivity contribution in [3.63, 3.8) is 0 Å². The maximum absolute atomic E-state index is 9.89. The van der Waals surface area contributed by atoms with Gasteiger partial charge in [-0.1, -0.05) is 18.2 Å². The van der Waals surface area contributed by atoms with E-state index in [2.05, 4.69) is 10.5 Å². The molecule has 1 N–H and O–H groups in total. The van der Waals surface area contributed by atoms with Crippen LogP contribution in [0.2, 0.25) is 0 Å². The SMILES string of the molecule is O=C([O-])C=NNc1ccccc1.[Na+]. The summed E-state index contributed by atoms with van der Waals surface area (Å²) in [7, 11) is 0. The van der Waals surface area contributed by atoms with Crippen LogP contribution in [0.4, 0.5) is 5.69 Å². The average molecular weight is 186 g/mol. The van der Waals surface area contributed by atoms with Crippen molar-refractivity contribution in [3.8, 4) is 0 Å². The summed E-state index contributed by atoms with van der Waals surface area (Å²) >= 11 is 0. The van der Waals surface area contributed by atoms with Gasteiger partial charge in [0.2, 0.25) is 0 Å². The van der Waals surface area contributed by atoms with E-state index in [1.165, 1.54) is 0 Å². The van der Waals surface area contributed by atoms with Crippen molar-refractivity contribution in [3.05, 3.63) is 30.3 Å². The molecule has 0 aromatic heterocycles. The molecule has 1 aromatic rings. The molecule has 0 unspecified atom stereocenters. The van der Waals surface area contributed by atoms with Crippen LogP contribution < -0.4 is 40.1 Å². The van der Waals surface area contributed by atoms with Crippen LogP contribution in [0, 0.1) is 0 Å². The number of benzene rings is 1. The minimum Gasteiger partial charge on any atom is -0.544 e. The largest absolute Gasteiger partial charge is 1.00 e. The van der Waals surface area contributed by atoms with Crippen LogP contribution in [0.15, 0.2) is 35.4 Å². The molecule has 0 atom stereocenters. The molecule has 0 bridgehead atoms. The third kappa shape index (κ3) is 5.41.